The topological polar surface area (TPSA) is 94.9 Å². The average Bonchev–Trinajstić information content (AvgIpc) is 3.35. The number of benzene rings is 2. The number of amides is 3. The molecule has 0 atom stereocenters. The summed E-state index contributed by atoms with van der Waals surface area (Å²) in [5.41, 5.74) is 2.10. The average molecular weight is 535 g/mol. The number of thiophene rings is 1. The van der Waals surface area contributed by atoms with Gasteiger partial charge in [-0.1, -0.05) is 13.0 Å². The van der Waals surface area contributed by atoms with Crippen LogP contribution in [0, 0.1) is 18.3 Å². The van der Waals surface area contributed by atoms with Crippen LogP contribution in [0.15, 0.2) is 54.6 Å². The lowest BCUT2D eigenvalue weighted by Crippen LogP contribution is -2.45. The highest BCUT2D eigenvalue weighted by Gasteiger charge is 2.22. The molecule has 0 aliphatic carbocycles. The molecule has 9 heteroatoms. The van der Waals surface area contributed by atoms with Crippen molar-refractivity contribution in [3.05, 3.63) is 75.5 Å². The SMILES string of the molecule is CCCN(CC(=O)N(CCc1ccc(OC)c(OC)c1)Cc1ccc(C)s1)C(=O)Nc1ccc(C#N)cc1. The number of hydrogen-bond acceptors (Lipinski definition) is 6. The maximum absolute atomic E-state index is 13.6. The van der Waals surface area contributed by atoms with Crippen molar-refractivity contribution in [2.24, 2.45) is 0 Å². The van der Waals surface area contributed by atoms with E-state index in [-0.39, 0.29) is 18.5 Å². The number of hydrogen-bond donors (Lipinski definition) is 1. The molecule has 0 fully saturated rings. The normalized spacial score (nSPS) is 10.4. The summed E-state index contributed by atoms with van der Waals surface area (Å²) in [5.74, 6) is 1.17. The number of nitrogens with zero attached hydrogens (tertiary/aromatic N) is 3. The number of urea groups is 1. The Balaban J connectivity index is 1.73. The number of anilines is 1. The Morgan fingerprint density at radius 1 is 0.974 bits per heavy atom. The van der Waals surface area contributed by atoms with Gasteiger partial charge in [-0.15, -0.1) is 11.3 Å². The molecular formula is C29H34N4O4S. The molecule has 0 aliphatic heterocycles. The highest BCUT2D eigenvalue weighted by molar-refractivity contribution is 7.11. The molecule has 1 N–H and O–H groups in total. The molecule has 38 heavy (non-hydrogen) atoms. The van der Waals surface area contributed by atoms with Crippen molar-refractivity contribution >= 4 is 29.0 Å². The van der Waals surface area contributed by atoms with E-state index in [2.05, 4.69) is 11.4 Å². The summed E-state index contributed by atoms with van der Waals surface area (Å²) in [6, 6.07) is 18.2. The molecule has 0 saturated heterocycles. The summed E-state index contributed by atoms with van der Waals surface area (Å²) >= 11 is 1.66. The Hall–Kier alpha value is -4.03. The summed E-state index contributed by atoms with van der Waals surface area (Å²) in [6.07, 6.45) is 1.34. The Morgan fingerprint density at radius 3 is 2.32 bits per heavy atom. The van der Waals surface area contributed by atoms with Gasteiger partial charge in [-0.3, -0.25) is 4.79 Å². The van der Waals surface area contributed by atoms with Crippen LogP contribution in [0.25, 0.3) is 0 Å². The summed E-state index contributed by atoms with van der Waals surface area (Å²) in [5, 5.41) is 11.8. The number of carbonyl (C=O) groups excluding carboxylic acids is 2. The van der Waals surface area contributed by atoms with E-state index in [1.165, 1.54) is 9.78 Å². The molecule has 8 nitrogen and oxygen atoms in total. The highest BCUT2D eigenvalue weighted by Crippen LogP contribution is 2.28. The predicted octanol–water partition coefficient (Wildman–Crippen LogP) is 5.46. The number of nitrogens with one attached hydrogen (secondary N) is 1. The van der Waals surface area contributed by atoms with Gasteiger partial charge >= 0.3 is 6.03 Å². The van der Waals surface area contributed by atoms with Crippen LogP contribution in [0.4, 0.5) is 10.5 Å². The number of methoxy groups -OCH3 is 2. The van der Waals surface area contributed by atoms with Gasteiger partial charge in [-0.25, -0.2) is 4.79 Å². The Morgan fingerprint density at radius 2 is 1.71 bits per heavy atom. The standard InChI is InChI=1S/C29H34N4O4S/c1-5-15-33(29(35)31-24-10-7-23(18-30)8-11-24)20-28(34)32(19-25-12-6-21(2)38-25)16-14-22-9-13-26(36-3)27(17-22)37-4/h6-13,17H,5,14-16,19-20H2,1-4H3,(H,31,35). The highest BCUT2D eigenvalue weighted by atomic mass is 32.1. The van der Waals surface area contributed by atoms with E-state index >= 15 is 0 Å². The molecule has 1 aromatic heterocycles. The van der Waals surface area contributed by atoms with Crippen molar-refractivity contribution in [3.8, 4) is 17.6 Å². The van der Waals surface area contributed by atoms with E-state index in [1.807, 2.05) is 44.2 Å². The Kier molecular flexibility index (Phi) is 10.6. The summed E-state index contributed by atoms with van der Waals surface area (Å²) in [7, 11) is 3.20. The van der Waals surface area contributed by atoms with Gasteiger partial charge in [0.05, 0.1) is 32.4 Å². The van der Waals surface area contributed by atoms with E-state index in [0.29, 0.717) is 55.2 Å². The van der Waals surface area contributed by atoms with E-state index < -0.39 is 0 Å². The fraction of sp³-hybridized carbons (Fsp3) is 0.345. The van der Waals surface area contributed by atoms with E-state index in [0.717, 1.165) is 10.4 Å². The molecule has 200 valence electrons. The maximum Gasteiger partial charge on any atom is 0.322 e. The van der Waals surface area contributed by atoms with Crippen molar-refractivity contribution in [3.63, 3.8) is 0 Å². The molecule has 0 saturated carbocycles. The second kappa shape index (κ2) is 14.1. The van der Waals surface area contributed by atoms with E-state index in [4.69, 9.17) is 14.7 Å². The zero-order valence-electron chi connectivity index (χ0n) is 22.3. The van der Waals surface area contributed by atoms with Crippen LogP contribution >= 0.6 is 11.3 Å². The van der Waals surface area contributed by atoms with Gasteiger partial charge in [0.15, 0.2) is 11.5 Å². The predicted molar refractivity (Wildman–Crippen MR) is 150 cm³/mol. The molecule has 1 heterocycles. The van der Waals surface area contributed by atoms with Gasteiger partial charge in [-0.2, -0.15) is 5.26 Å². The number of ether oxygens (including phenoxy) is 2. The third-order valence-corrected chi connectivity index (χ3v) is 6.97. The van der Waals surface area contributed by atoms with Crippen molar-refractivity contribution < 1.29 is 19.1 Å². The van der Waals surface area contributed by atoms with E-state index in [1.54, 1.807) is 54.7 Å². The molecule has 0 aliphatic rings. The fourth-order valence-electron chi connectivity index (χ4n) is 3.97. The van der Waals surface area contributed by atoms with Crippen LogP contribution in [0.5, 0.6) is 11.5 Å². The zero-order valence-corrected chi connectivity index (χ0v) is 23.1. The number of aryl methyl sites for hydroxylation is 1. The Bertz CT molecular complexity index is 1270. The summed E-state index contributed by atoms with van der Waals surface area (Å²) in [6.45, 7) is 5.38. The van der Waals surface area contributed by atoms with Crippen molar-refractivity contribution in [2.75, 3.05) is 39.2 Å². The van der Waals surface area contributed by atoms with Gasteiger partial charge < -0.3 is 24.6 Å². The molecular weight excluding hydrogens is 500 g/mol. The lowest BCUT2D eigenvalue weighted by atomic mass is 10.1. The maximum atomic E-state index is 13.6. The van der Waals surface area contributed by atoms with Crippen molar-refractivity contribution in [1.29, 1.82) is 5.26 Å². The molecule has 0 radical (unpaired) electrons. The first-order chi connectivity index (χ1) is 18.4. The van der Waals surface area contributed by atoms with Crippen LogP contribution < -0.4 is 14.8 Å². The van der Waals surface area contributed by atoms with Crippen molar-refractivity contribution in [1.82, 2.24) is 9.80 Å². The minimum absolute atomic E-state index is 0.0355. The molecule has 3 aromatic rings. The van der Waals surface area contributed by atoms with Gasteiger partial charge in [0.25, 0.3) is 0 Å². The van der Waals surface area contributed by atoms with Gasteiger partial charge in [0, 0.05) is 28.5 Å². The molecule has 3 amide bonds. The molecule has 0 spiro atoms. The lowest BCUT2D eigenvalue weighted by molar-refractivity contribution is -0.132. The first-order valence-corrected chi connectivity index (χ1v) is 13.3. The minimum Gasteiger partial charge on any atom is -0.493 e. The third-order valence-electron chi connectivity index (χ3n) is 5.99. The van der Waals surface area contributed by atoms with Crippen LogP contribution in [0.2, 0.25) is 0 Å². The zero-order chi connectivity index (χ0) is 27.5. The third kappa shape index (κ3) is 7.98. The van der Waals surface area contributed by atoms with Crippen LogP contribution in [-0.2, 0) is 17.8 Å². The quantitative estimate of drug-likeness (QED) is 0.333. The first kappa shape index (κ1) is 28.5. The molecule has 3 rings (SSSR count). The molecule has 2 aromatic carbocycles. The second-order valence-electron chi connectivity index (χ2n) is 8.81. The smallest absolute Gasteiger partial charge is 0.322 e. The molecule has 0 unspecified atom stereocenters. The first-order valence-electron chi connectivity index (χ1n) is 12.5. The summed E-state index contributed by atoms with van der Waals surface area (Å²) < 4.78 is 10.8. The van der Waals surface area contributed by atoms with Gasteiger partial charge in [0.2, 0.25) is 5.91 Å². The van der Waals surface area contributed by atoms with Crippen LogP contribution in [-0.4, -0.2) is 55.6 Å². The number of carbonyl (C=O) groups is 2. The van der Waals surface area contributed by atoms with Gasteiger partial charge in [0.1, 0.15) is 6.54 Å². The largest absolute Gasteiger partial charge is 0.493 e. The Labute approximate surface area is 228 Å². The monoisotopic (exact) mass is 534 g/mol. The van der Waals surface area contributed by atoms with Gasteiger partial charge in [-0.05, 0) is 73.9 Å². The number of rotatable bonds is 12. The summed E-state index contributed by atoms with van der Waals surface area (Å²) in [4.78, 5) is 32.2. The fourth-order valence-corrected chi connectivity index (χ4v) is 4.87. The lowest BCUT2D eigenvalue weighted by Gasteiger charge is -2.27. The number of nitriles is 1. The van der Waals surface area contributed by atoms with Crippen molar-refractivity contribution in [2.45, 2.75) is 33.2 Å². The minimum atomic E-state index is -0.350. The van der Waals surface area contributed by atoms with Crippen LogP contribution in [0.3, 0.4) is 0 Å². The second-order valence-corrected chi connectivity index (χ2v) is 10.2. The van der Waals surface area contributed by atoms with E-state index in [9.17, 15) is 9.59 Å². The van der Waals surface area contributed by atoms with Crippen LogP contribution in [0.1, 0.15) is 34.2 Å². The molecule has 0 bridgehead atoms.